The van der Waals surface area contributed by atoms with Crippen LogP contribution < -0.4 is 4.72 Å². The molecule has 0 aliphatic carbocycles. The van der Waals surface area contributed by atoms with Crippen LogP contribution in [0.25, 0.3) is 11.4 Å². The van der Waals surface area contributed by atoms with Gasteiger partial charge in [0.2, 0.25) is 15.8 Å². The van der Waals surface area contributed by atoms with Crippen LogP contribution in [0.2, 0.25) is 10.0 Å². The Kier molecular flexibility index (Phi) is 6.12. The Labute approximate surface area is 168 Å². The molecular weight excluding hydrogens is 437 g/mol. The van der Waals surface area contributed by atoms with Crippen LogP contribution in [0.4, 0.5) is 0 Å². The van der Waals surface area contributed by atoms with Crippen LogP contribution in [0.3, 0.4) is 0 Å². The standard InChI is InChI=1S/C15H11Cl2N3O5S2/c16-11-2-1-10(5-12(11)17)27(22,23)18-6-14(21)24-7-13-19-15(20-25-13)9-3-4-26-8-9/h1-5,8,18H,6-7H2. The highest BCUT2D eigenvalue weighted by atomic mass is 35.5. The zero-order valence-electron chi connectivity index (χ0n) is 13.4. The summed E-state index contributed by atoms with van der Waals surface area (Å²) >= 11 is 13.0. The zero-order valence-corrected chi connectivity index (χ0v) is 16.5. The molecule has 0 spiro atoms. The van der Waals surface area contributed by atoms with Gasteiger partial charge in [-0.3, -0.25) is 4.79 Å². The highest BCUT2D eigenvalue weighted by Crippen LogP contribution is 2.24. The molecule has 3 rings (SSSR count). The van der Waals surface area contributed by atoms with Crippen molar-refractivity contribution in [2.45, 2.75) is 11.5 Å². The van der Waals surface area contributed by atoms with Gasteiger partial charge in [-0.05, 0) is 29.6 Å². The van der Waals surface area contributed by atoms with Gasteiger partial charge in [-0.2, -0.15) is 21.0 Å². The largest absolute Gasteiger partial charge is 0.455 e. The summed E-state index contributed by atoms with van der Waals surface area (Å²) in [6.07, 6.45) is 0. The maximum absolute atomic E-state index is 12.1. The summed E-state index contributed by atoms with van der Waals surface area (Å²) in [4.78, 5) is 15.7. The van der Waals surface area contributed by atoms with Gasteiger partial charge in [0.25, 0.3) is 5.89 Å². The lowest BCUT2D eigenvalue weighted by molar-refractivity contribution is -0.144. The van der Waals surface area contributed by atoms with E-state index in [0.29, 0.717) is 5.82 Å². The normalized spacial score (nSPS) is 11.5. The van der Waals surface area contributed by atoms with E-state index in [0.717, 1.165) is 5.56 Å². The second-order valence-electron chi connectivity index (χ2n) is 5.08. The quantitative estimate of drug-likeness (QED) is 0.553. The number of sulfonamides is 1. The molecule has 3 aromatic rings. The summed E-state index contributed by atoms with van der Waals surface area (Å²) in [6.45, 7) is -0.849. The third-order valence-corrected chi connectivity index (χ3v) is 6.03. The van der Waals surface area contributed by atoms with Gasteiger partial charge < -0.3 is 9.26 Å². The lowest BCUT2D eigenvalue weighted by atomic mass is 10.3. The van der Waals surface area contributed by atoms with Gasteiger partial charge in [-0.1, -0.05) is 28.4 Å². The molecule has 0 aliphatic heterocycles. The van der Waals surface area contributed by atoms with E-state index in [9.17, 15) is 13.2 Å². The summed E-state index contributed by atoms with van der Waals surface area (Å²) in [5.74, 6) is -0.339. The SMILES string of the molecule is O=C(CNS(=O)(=O)c1ccc(Cl)c(Cl)c1)OCc1nc(-c2ccsc2)no1. The molecule has 12 heteroatoms. The minimum Gasteiger partial charge on any atom is -0.455 e. The van der Waals surface area contributed by atoms with Crippen molar-refractivity contribution in [3.8, 4) is 11.4 Å². The van der Waals surface area contributed by atoms with Crippen LogP contribution in [-0.2, 0) is 26.2 Å². The molecule has 0 saturated carbocycles. The molecule has 0 aliphatic rings. The van der Waals surface area contributed by atoms with Crippen molar-refractivity contribution in [1.29, 1.82) is 0 Å². The molecule has 0 saturated heterocycles. The Hall–Kier alpha value is -1.98. The molecule has 1 N–H and O–H groups in total. The smallest absolute Gasteiger partial charge is 0.321 e. The molecule has 1 aromatic carbocycles. The number of carbonyl (C=O) groups is 1. The lowest BCUT2D eigenvalue weighted by Gasteiger charge is -2.07. The fourth-order valence-corrected chi connectivity index (χ4v) is 3.89. The monoisotopic (exact) mass is 447 g/mol. The highest BCUT2D eigenvalue weighted by molar-refractivity contribution is 7.89. The maximum Gasteiger partial charge on any atom is 0.321 e. The number of thiophene rings is 1. The first-order chi connectivity index (χ1) is 12.8. The number of rotatable bonds is 7. The van der Waals surface area contributed by atoms with Gasteiger partial charge in [-0.15, -0.1) is 0 Å². The molecule has 0 atom stereocenters. The highest BCUT2D eigenvalue weighted by Gasteiger charge is 2.18. The first-order valence-electron chi connectivity index (χ1n) is 7.30. The summed E-state index contributed by atoms with van der Waals surface area (Å²) in [5, 5.41) is 7.79. The number of hydrogen-bond donors (Lipinski definition) is 1. The second kappa shape index (κ2) is 8.36. The van der Waals surface area contributed by atoms with Gasteiger partial charge in [0.1, 0.15) is 6.54 Å². The second-order valence-corrected chi connectivity index (χ2v) is 8.45. The number of esters is 1. The topological polar surface area (TPSA) is 111 Å². The Morgan fingerprint density at radius 2 is 2.07 bits per heavy atom. The van der Waals surface area contributed by atoms with Crippen molar-refractivity contribution < 1.29 is 22.5 Å². The molecule has 142 valence electrons. The number of nitrogens with one attached hydrogen (secondary N) is 1. The third-order valence-electron chi connectivity index (χ3n) is 3.21. The van der Waals surface area contributed by atoms with E-state index in [4.69, 9.17) is 32.5 Å². The van der Waals surface area contributed by atoms with E-state index in [2.05, 4.69) is 14.9 Å². The first kappa shape index (κ1) is 19.8. The van der Waals surface area contributed by atoms with Crippen LogP contribution in [-0.4, -0.2) is 31.1 Å². The first-order valence-corrected chi connectivity index (χ1v) is 10.5. The number of benzene rings is 1. The summed E-state index contributed by atoms with van der Waals surface area (Å²) < 4.78 is 36.3. The molecule has 0 fully saturated rings. The molecule has 8 nitrogen and oxygen atoms in total. The number of aromatic nitrogens is 2. The van der Waals surface area contributed by atoms with E-state index < -0.39 is 22.5 Å². The minimum atomic E-state index is -3.95. The molecule has 0 radical (unpaired) electrons. The zero-order chi connectivity index (χ0) is 19.4. The Morgan fingerprint density at radius 3 is 2.78 bits per heavy atom. The van der Waals surface area contributed by atoms with Crippen molar-refractivity contribution in [2.24, 2.45) is 0 Å². The van der Waals surface area contributed by atoms with E-state index in [1.54, 1.807) is 0 Å². The van der Waals surface area contributed by atoms with Crippen molar-refractivity contribution in [1.82, 2.24) is 14.9 Å². The molecule has 0 bridgehead atoms. The van der Waals surface area contributed by atoms with E-state index >= 15 is 0 Å². The molecular formula is C15H11Cl2N3O5S2. The predicted molar refractivity (Wildman–Crippen MR) is 99.1 cm³/mol. The number of nitrogens with zero attached hydrogens (tertiary/aromatic N) is 2. The van der Waals surface area contributed by atoms with E-state index in [-0.39, 0.29) is 27.4 Å². The molecule has 27 heavy (non-hydrogen) atoms. The Bertz CT molecular complexity index is 1050. The van der Waals surface area contributed by atoms with Crippen molar-refractivity contribution in [3.05, 3.63) is 51.0 Å². The van der Waals surface area contributed by atoms with E-state index in [1.807, 2.05) is 16.8 Å². The van der Waals surface area contributed by atoms with E-state index in [1.165, 1.54) is 29.5 Å². The predicted octanol–water partition coefficient (Wildman–Crippen LogP) is 3.13. The van der Waals surface area contributed by atoms with Gasteiger partial charge >= 0.3 is 5.97 Å². The average molecular weight is 448 g/mol. The summed E-state index contributed by atoms with van der Waals surface area (Å²) in [7, 11) is -3.95. The van der Waals surface area contributed by atoms with Crippen molar-refractivity contribution >= 4 is 50.5 Å². The Balaban J connectivity index is 1.53. The fraction of sp³-hybridized carbons (Fsp3) is 0.133. The molecule has 0 amide bonds. The average Bonchev–Trinajstić information content (AvgIpc) is 3.31. The van der Waals surface area contributed by atoms with Crippen LogP contribution in [0.15, 0.2) is 44.4 Å². The Morgan fingerprint density at radius 1 is 1.26 bits per heavy atom. The minimum absolute atomic E-state index is 0.0833. The maximum atomic E-state index is 12.1. The van der Waals surface area contributed by atoms with Gasteiger partial charge in [-0.25, -0.2) is 8.42 Å². The summed E-state index contributed by atoms with van der Waals surface area (Å²) in [6, 6.07) is 5.62. The number of hydrogen-bond acceptors (Lipinski definition) is 8. The summed E-state index contributed by atoms with van der Waals surface area (Å²) in [5.41, 5.74) is 0.788. The fourth-order valence-electron chi connectivity index (χ4n) is 1.90. The molecule has 2 aromatic heterocycles. The lowest BCUT2D eigenvalue weighted by Crippen LogP contribution is -2.30. The van der Waals surface area contributed by atoms with Crippen LogP contribution in [0.1, 0.15) is 5.89 Å². The van der Waals surface area contributed by atoms with Crippen LogP contribution in [0, 0.1) is 0 Å². The van der Waals surface area contributed by atoms with Crippen molar-refractivity contribution in [3.63, 3.8) is 0 Å². The number of carbonyl (C=O) groups excluding carboxylic acids is 1. The molecule has 0 unspecified atom stereocenters. The van der Waals surface area contributed by atoms with Gasteiger partial charge in [0, 0.05) is 10.9 Å². The van der Waals surface area contributed by atoms with Crippen LogP contribution >= 0.6 is 34.5 Å². The molecule has 2 heterocycles. The third kappa shape index (κ3) is 5.05. The van der Waals surface area contributed by atoms with Crippen LogP contribution in [0.5, 0.6) is 0 Å². The number of halogens is 2. The van der Waals surface area contributed by atoms with Gasteiger partial charge in [0.15, 0.2) is 6.61 Å². The van der Waals surface area contributed by atoms with Crippen molar-refractivity contribution in [2.75, 3.05) is 6.54 Å². The van der Waals surface area contributed by atoms with Gasteiger partial charge in [0.05, 0.1) is 14.9 Å². The number of ether oxygens (including phenoxy) is 1.